The number of hydrogen-bond acceptors (Lipinski definition) is 4. The molecule has 0 spiro atoms. The van der Waals surface area contributed by atoms with E-state index in [2.05, 4.69) is 4.72 Å². The highest BCUT2D eigenvalue weighted by Crippen LogP contribution is 2.23. The highest BCUT2D eigenvalue weighted by Gasteiger charge is 2.30. The van der Waals surface area contributed by atoms with Crippen molar-refractivity contribution in [3.05, 3.63) is 24.3 Å². The summed E-state index contributed by atoms with van der Waals surface area (Å²) in [6.07, 6.45) is 3.02. The maximum absolute atomic E-state index is 12.5. The van der Waals surface area contributed by atoms with Crippen LogP contribution >= 0.6 is 0 Å². The lowest BCUT2D eigenvalue weighted by Gasteiger charge is -2.35. The van der Waals surface area contributed by atoms with Crippen LogP contribution in [0.1, 0.15) is 33.1 Å². The Hall–Kier alpha value is -1.60. The highest BCUT2D eigenvalue weighted by molar-refractivity contribution is 7.89. The van der Waals surface area contributed by atoms with Gasteiger partial charge in [-0.05, 0) is 45.2 Å². The van der Waals surface area contributed by atoms with Crippen molar-refractivity contribution in [1.29, 1.82) is 0 Å². The van der Waals surface area contributed by atoms with Crippen molar-refractivity contribution in [1.82, 2.24) is 9.62 Å². The number of carbonyl (C=O) groups is 1. The standard InChI is InChI=1S/C16H24N2O4S/c1-12-8-6-7-11-18(12)16(19)13(2)17-23(20,21)15-10-5-4-9-14(15)22-3/h4-5,9-10,12-13,17H,6-8,11H2,1-3H3/t12-,13-/m0/s1. The number of nitrogens with zero attached hydrogens (tertiary/aromatic N) is 1. The number of rotatable bonds is 5. The van der Waals surface area contributed by atoms with E-state index in [4.69, 9.17) is 4.74 Å². The summed E-state index contributed by atoms with van der Waals surface area (Å²) < 4.78 is 32.6. The maximum atomic E-state index is 12.5. The zero-order valence-electron chi connectivity index (χ0n) is 13.8. The zero-order valence-corrected chi connectivity index (χ0v) is 14.6. The van der Waals surface area contributed by atoms with Crippen molar-refractivity contribution < 1.29 is 17.9 Å². The first-order valence-electron chi connectivity index (χ1n) is 7.82. The Kier molecular flexibility index (Phi) is 5.64. The minimum absolute atomic E-state index is 0.0360. The van der Waals surface area contributed by atoms with E-state index in [0.29, 0.717) is 6.54 Å². The largest absolute Gasteiger partial charge is 0.495 e. The Morgan fingerprint density at radius 3 is 2.70 bits per heavy atom. The van der Waals surface area contributed by atoms with E-state index in [0.717, 1.165) is 19.3 Å². The number of likely N-dealkylation sites (tertiary alicyclic amines) is 1. The van der Waals surface area contributed by atoms with Gasteiger partial charge in [-0.15, -0.1) is 0 Å². The number of hydrogen-bond donors (Lipinski definition) is 1. The number of para-hydroxylation sites is 1. The summed E-state index contributed by atoms with van der Waals surface area (Å²) in [5.41, 5.74) is 0. The van der Waals surface area contributed by atoms with Gasteiger partial charge in [0, 0.05) is 12.6 Å². The fourth-order valence-corrected chi connectivity index (χ4v) is 4.23. The third-order valence-corrected chi connectivity index (χ3v) is 5.73. The summed E-state index contributed by atoms with van der Waals surface area (Å²) in [6.45, 7) is 4.26. The van der Waals surface area contributed by atoms with Crippen LogP contribution in [0.25, 0.3) is 0 Å². The first-order chi connectivity index (χ1) is 10.9. The molecule has 2 rings (SSSR count). The minimum Gasteiger partial charge on any atom is -0.495 e. The molecule has 1 aliphatic rings. The second kappa shape index (κ2) is 7.31. The Labute approximate surface area is 137 Å². The minimum atomic E-state index is -3.83. The Balaban J connectivity index is 2.14. The summed E-state index contributed by atoms with van der Waals surface area (Å²) in [5.74, 6) is 0.0710. The lowest BCUT2D eigenvalue weighted by Crippen LogP contribution is -2.51. The van der Waals surface area contributed by atoms with Gasteiger partial charge >= 0.3 is 0 Å². The fraction of sp³-hybridized carbons (Fsp3) is 0.562. The van der Waals surface area contributed by atoms with Gasteiger partial charge in [0.15, 0.2) is 0 Å². The van der Waals surface area contributed by atoms with Gasteiger partial charge in [0.25, 0.3) is 0 Å². The maximum Gasteiger partial charge on any atom is 0.244 e. The molecule has 128 valence electrons. The van der Waals surface area contributed by atoms with Gasteiger partial charge in [0.05, 0.1) is 13.2 Å². The molecular formula is C16H24N2O4S. The molecule has 6 nitrogen and oxygen atoms in total. The molecule has 1 fully saturated rings. The van der Waals surface area contributed by atoms with Gasteiger partial charge < -0.3 is 9.64 Å². The Morgan fingerprint density at radius 1 is 1.35 bits per heavy atom. The van der Waals surface area contributed by atoms with Gasteiger partial charge in [-0.3, -0.25) is 4.79 Å². The van der Waals surface area contributed by atoms with E-state index in [1.165, 1.54) is 13.2 Å². The summed E-state index contributed by atoms with van der Waals surface area (Å²) in [5, 5.41) is 0. The van der Waals surface area contributed by atoms with Crippen LogP contribution in [0.5, 0.6) is 5.75 Å². The number of carbonyl (C=O) groups excluding carboxylic acids is 1. The second-order valence-corrected chi connectivity index (χ2v) is 7.55. The molecule has 2 atom stereocenters. The second-order valence-electron chi connectivity index (χ2n) is 5.87. The van der Waals surface area contributed by atoms with Crippen LogP contribution < -0.4 is 9.46 Å². The van der Waals surface area contributed by atoms with Crippen molar-refractivity contribution in [3.63, 3.8) is 0 Å². The summed E-state index contributed by atoms with van der Waals surface area (Å²) >= 11 is 0. The molecule has 0 aromatic heterocycles. The molecule has 1 aliphatic heterocycles. The normalized spacial score (nSPS) is 20.1. The van der Waals surface area contributed by atoms with E-state index in [1.54, 1.807) is 30.0 Å². The molecule has 1 saturated heterocycles. The van der Waals surface area contributed by atoms with E-state index >= 15 is 0 Å². The van der Waals surface area contributed by atoms with Crippen LogP contribution in [-0.2, 0) is 14.8 Å². The molecule has 1 aromatic rings. The highest BCUT2D eigenvalue weighted by atomic mass is 32.2. The molecule has 1 amide bonds. The number of nitrogens with one attached hydrogen (secondary N) is 1. The molecule has 1 aromatic carbocycles. The molecule has 0 bridgehead atoms. The molecule has 23 heavy (non-hydrogen) atoms. The van der Waals surface area contributed by atoms with Crippen molar-refractivity contribution >= 4 is 15.9 Å². The van der Waals surface area contributed by atoms with Crippen LogP contribution in [0.4, 0.5) is 0 Å². The summed E-state index contributed by atoms with van der Waals surface area (Å²) in [7, 11) is -2.41. The third kappa shape index (κ3) is 4.03. The number of benzene rings is 1. The number of amides is 1. The van der Waals surface area contributed by atoms with Crippen LogP contribution in [0.2, 0.25) is 0 Å². The predicted octanol–water partition coefficient (Wildman–Crippen LogP) is 1.76. The number of methoxy groups -OCH3 is 1. The molecular weight excluding hydrogens is 316 g/mol. The summed E-state index contributed by atoms with van der Waals surface area (Å²) in [6, 6.07) is 5.69. The average Bonchev–Trinajstić information content (AvgIpc) is 2.54. The molecule has 7 heteroatoms. The molecule has 0 radical (unpaired) electrons. The molecule has 1 heterocycles. The molecule has 1 N–H and O–H groups in total. The lowest BCUT2D eigenvalue weighted by molar-refractivity contribution is -0.135. The third-order valence-electron chi connectivity index (χ3n) is 4.15. The predicted molar refractivity (Wildman–Crippen MR) is 87.8 cm³/mol. The number of ether oxygens (including phenoxy) is 1. The van der Waals surface area contributed by atoms with Gasteiger partial charge in [-0.25, -0.2) is 8.42 Å². The van der Waals surface area contributed by atoms with E-state index < -0.39 is 16.1 Å². The van der Waals surface area contributed by atoms with Crippen LogP contribution in [0.3, 0.4) is 0 Å². The van der Waals surface area contributed by atoms with Crippen LogP contribution in [0.15, 0.2) is 29.2 Å². The SMILES string of the molecule is COc1ccccc1S(=O)(=O)N[C@@H](C)C(=O)N1CCCC[C@@H]1C. The summed E-state index contributed by atoms with van der Waals surface area (Å²) in [4.78, 5) is 14.3. The van der Waals surface area contributed by atoms with Crippen LogP contribution in [-0.4, -0.2) is 45.0 Å². The first kappa shape index (κ1) is 17.7. The first-order valence-corrected chi connectivity index (χ1v) is 9.31. The monoisotopic (exact) mass is 340 g/mol. The molecule has 0 saturated carbocycles. The van der Waals surface area contributed by atoms with E-state index in [-0.39, 0.29) is 22.6 Å². The topological polar surface area (TPSA) is 75.7 Å². The van der Waals surface area contributed by atoms with Crippen molar-refractivity contribution in [2.75, 3.05) is 13.7 Å². The quantitative estimate of drug-likeness (QED) is 0.886. The Morgan fingerprint density at radius 2 is 2.04 bits per heavy atom. The lowest BCUT2D eigenvalue weighted by atomic mass is 10.0. The van der Waals surface area contributed by atoms with Crippen molar-refractivity contribution in [3.8, 4) is 5.75 Å². The van der Waals surface area contributed by atoms with Gasteiger partial charge in [0.2, 0.25) is 15.9 Å². The van der Waals surface area contributed by atoms with Gasteiger partial charge in [-0.2, -0.15) is 4.72 Å². The van der Waals surface area contributed by atoms with Crippen molar-refractivity contribution in [2.45, 2.75) is 50.1 Å². The molecule has 0 aliphatic carbocycles. The Bertz CT molecular complexity index is 660. The van der Waals surface area contributed by atoms with Crippen LogP contribution in [0, 0.1) is 0 Å². The van der Waals surface area contributed by atoms with Crippen molar-refractivity contribution in [2.24, 2.45) is 0 Å². The molecule has 0 unspecified atom stereocenters. The number of piperidine rings is 1. The van der Waals surface area contributed by atoms with E-state index in [1.807, 2.05) is 6.92 Å². The zero-order chi connectivity index (χ0) is 17.0. The fourth-order valence-electron chi connectivity index (χ4n) is 2.86. The van der Waals surface area contributed by atoms with E-state index in [9.17, 15) is 13.2 Å². The van der Waals surface area contributed by atoms with Gasteiger partial charge in [-0.1, -0.05) is 12.1 Å². The smallest absolute Gasteiger partial charge is 0.244 e. The average molecular weight is 340 g/mol. The number of sulfonamides is 1. The van der Waals surface area contributed by atoms with Gasteiger partial charge in [0.1, 0.15) is 10.6 Å².